The van der Waals surface area contributed by atoms with Gasteiger partial charge in [0, 0.05) is 19.8 Å². The zero-order valence-corrected chi connectivity index (χ0v) is 14.3. The maximum atomic E-state index is 11.9. The zero-order chi connectivity index (χ0) is 16.4. The second-order valence-corrected chi connectivity index (χ2v) is 6.57. The first-order valence-electron chi connectivity index (χ1n) is 7.44. The molecule has 0 atom stereocenters. The highest BCUT2D eigenvalue weighted by molar-refractivity contribution is 7.99. The van der Waals surface area contributed by atoms with E-state index in [0.717, 1.165) is 21.9 Å². The van der Waals surface area contributed by atoms with E-state index in [0.29, 0.717) is 5.75 Å². The van der Waals surface area contributed by atoms with Crippen LogP contribution in [0.25, 0.3) is 16.7 Å². The number of fused-ring (bicyclic) bond motifs is 1. The minimum absolute atomic E-state index is 0.0810. The van der Waals surface area contributed by atoms with E-state index in [1.165, 1.54) is 17.3 Å². The van der Waals surface area contributed by atoms with Crippen molar-refractivity contribution in [2.24, 2.45) is 0 Å². The van der Waals surface area contributed by atoms with Crippen molar-refractivity contribution in [2.45, 2.75) is 12.1 Å². The van der Waals surface area contributed by atoms with Gasteiger partial charge in [-0.15, -0.1) is 0 Å². The van der Waals surface area contributed by atoms with Crippen molar-refractivity contribution >= 4 is 28.7 Å². The van der Waals surface area contributed by atoms with Gasteiger partial charge in [0.15, 0.2) is 5.16 Å². The van der Waals surface area contributed by atoms with Crippen molar-refractivity contribution in [3.63, 3.8) is 0 Å². The van der Waals surface area contributed by atoms with Gasteiger partial charge in [0.2, 0.25) is 5.91 Å². The summed E-state index contributed by atoms with van der Waals surface area (Å²) in [5, 5.41) is 0.838. The average Bonchev–Trinajstić information content (AvgIpc) is 2.91. The number of hydrogen-bond acceptors (Lipinski definition) is 3. The molecule has 0 unspecified atom stereocenters. The molecule has 0 saturated heterocycles. The number of para-hydroxylation sites is 2. The van der Waals surface area contributed by atoms with E-state index in [9.17, 15) is 4.79 Å². The Kier molecular flexibility index (Phi) is 4.39. The molecule has 0 bridgehead atoms. The van der Waals surface area contributed by atoms with Crippen LogP contribution in [0.2, 0.25) is 0 Å². The monoisotopic (exact) mass is 325 g/mol. The van der Waals surface area contributed by atoms with Crippen LogP contribution in [0.3, 0.4) is 0 Å². The molecule has 0 saturated carbocycles. The van der Waals surface area contributed by atoms with E-state index in [2.05, 4.69) is 41.8 Å². The van der Waals surface area contributed by atoms with E-state index >= 15 is 0 Å². The van der Waals surface area contributed by atoms with Crippen LogP contribution in [0.4, 0.5) is 0 Å². The number of amides is 1. The molecule has 0 aliphatic heterocycles. The van der Waals surface area contributed by atoms with Crippen molar-refractivity contribution in [3.8, 4) is 5.69 Å². The van der Waals surface area contributed by atoms with Crippen molar-refractivity contribution in [1.82, 2.24) is 14.5 Å². The van der Waals surface area contributed by atoms with Gasteiger partial charge in [-0.3, -0.25) is 9.36 Å². The summed E-state index contributed by atoms with van der Waals surface area (Å²) >= 11 is 1.47. The number of thioether (sulfide) groups is 1. The Morgan fingerprint density at radius 1 is 1.13 bits per heavy atom. The van der Waals surface area contributed by atoms with E-state index in [-0.39, 0.29) is 5.91 Å². The predicted octanol–water partition coefficient (Wildman–Crippen LogP) is 3.51. The summed E-state index contributed by atoms with van der Waals surface area (Å²) in [6, 6.07) is 16.4. The fraction of sp³-hybridized carbons (Fsp3) is 0.222. The normalized spacial score (nSPS) is 10.9. The summed E-state index contributed by atoms with van der Waals surface area (Å²) in [4.78, 5) is 18.2. The highest BCUT2D eigenvalue weighted by Gasteiger charge is 2.14. The smallest absolute Gasteiger partial charge is 0.232 e. The van der Waals surface area contributed by atoms with E-state index < -0.39 is 0 Å². The molecule has 0 aliphatic rings. The second kappa shape index (κ2) is 6.46. The molecule has 0 radical (unpaired) electrons. The van der Waals surface area contributed by atoms with Crippen LogP contribution in [0.5, 0.6) is 0 Å². The lowest BCUT2D eigenvalue weighted by Crippen LogP contribution is -2.23. The topological polar surface area (TPSA) is 38.1 Å². The molecular weight excluding hydrogens is 306 g/mol. The van der Waals surface area contributed by atoms with Gasteiger partial charge in [-0.2, -0.15) is 0 Å². The molecule has 2 aromatic carbocycles. The fourth-order valence-corrected chi connectivity index (χ4v) is 3.31. The van der Waals surface area contributed by atoms with Gasteiger partial charge in [-0.25, -0.2) is 4.98 Å². The van der Waals surface area contributed by atoms with Crippen LogP contribution >= 0.6 is 11.8 Å². The standard InChI is InChI=1S/C18H19N3OS/c1-13-8-10-14(11-9-13)21-16-7-5-4-6-15(16)19-18(21)23-12-17(22)20(2)3/h4-11H,12H2,1-3H3. The quantitative estimate of drug-likeness (QED) is 0.689. The molecule has 3 aromatic rings. The lowest BCUT2D eigenvalue weighted by Gasteiger charge is -2.11. The van der Waals surface area contributed by atoms with E-state index in [1.807, 2.05) is 18.2 Å². The molecule has 118 valence electrons. The van der Waals surface area contributed by atoms with Crippen molar-refractivity contribution < 1.29 is 4.79 Å². The van der Waals surface area contributed by atoms with Crippen LogP contribution in [0, 0.1) is 6.92 Å². The third-order valence-corrected chi connectivity index (χ3v) is 4.57. The van der Waals surface area contributed by atoms with Crippen LogP contribution in [0.15, 0.2) is 53.7 Å². The molecule has 23 heavy (non-hydrogen) atoms. The number of imidazole rings is 1. The Morgan fingerprint density at radius 2 is 1.83 bits per heavy atom. The molecule has 0 N–H and O–H groups in total. The number of benzene rings is 2. The number of rotatable bonds is 4. The van der Waals surface area contributed by atoms with Crippen molar-refractivity contribution in [2.75, 3.05) is 19.8 Å². The summed E-state index contributed by atoms with van der Waals surface area (Å²) in [5.74, 6) is 0.458. The molecule has 5 heteroatoms. The first-order valence-corrected chi connectivity index (χ1v) is 8.42. The largest absolute Gasteiger partial charge is 0.348 e. The lowest BCUT2D eigenvalue weighted by molar-refractivity contribution is -0.125. The average molecular weight is 325 g/mol. The summed E-state index contributed by atoms with van der Waals surface area (Å²) in [6.45, 7) is 2.07. The molecular formula is C18H19N3OS. The summed E-state index contributed by atoms with van der Waals surface area (Å²) in [5.41, 5.74) is 4.27. The third kappa shape index (κ3) is 3.24. The fourth-order valence-electron chi connectivity index (χ4n) is 2.30. The molecule has 0 fully saturated rings. The summed E-state index contributed by atoms with van der Waals surface area (Å²) in [7, 11) is 3.54. The van der Waals surface area contributed by atoms with Crippen molar-refractivity contribution in [1.29, 1.82) is 0 Å². The molecule has 1 amide bonds. The van der Waals surface area contributed by atoms with Gasteiger partial charge >= 0.3 is 0 Å². The number of carbonyl (C=O) groups excluding carboxylic acids is 1. The highest BCUT2D eigenvalue weighted by atomic mass is 32.2. The van der Waals surface area contributed by atoms with Crippen molar-refractivity contribution in [3.05, 3.63) is 54.1 Å². The molecule has 0 spiro atoms. The first kappa shape index (κ1) is 15.6. The van der Waals surface area contributed by atoms with Gasteiger partial charge < -0.3 is 4.90 Å². The van der Waals surface area contributed by atoms with Gasteiger partial charge in [0.1, 0.15) is 0 Å². The van der Waals surface area contributed by atoms with Gasteiger partial charge in [-0.1, -0.05) is 41.6 Å². The predicted molar refractivity (Wildman–Crippen MR) is 95.2 cm³/mol. The van der Waals surface area contributed by atoms with Gasteiger partial charge in [0.05, 0.1) is 16.8 Å². The molecule has 1 heterocycles. The Bertz CT molecular complexity index is 837. The minimum atomic E-state index is 0.0810. The highest BCUT2D eigenvalue weighted by Crippen LogP contribution is 2.28. The lowest BCUT2D eigenvalue weighted by atomic mass is 10.2. The maximum Gasteiger partial charge on any atom is 0.232 e. The Balaban J connectivity index is 2.04. The third-order valence-electron chi connectivity index (χ3n) is 3.65. The zero-order valence-electron chi connectivity index (χ0n) is 13.5. The number of hydrogen-bond donors (Lipinski definition) is 0. The van der Waals surface area contributed by atoms with Crippen LogP contribution in [-0.2, 0) is 4.79 Å². The molecule has 0 aliphatic carbocycles. The van der Waals surface area contributed by atoms with Crippen LogP contribution in [0.1, 0.15) is 5.56 Å². The second-order valence-electron chi connectivity index (χ2n) is 5.63. The SMILES string of the molecule is Cc1ccc(-n2c(SCC(=O)N(C)C)nc3ccccc32)cc1. The Labute approximate surface area is 140 Å². The molecule has 4 nitrogen and oxygen atoms in total. The molecule has 3 rings (SSSR count). The summed E-state index contributed by atoms with van der Waals surface area (Å²) in [6.07, 6.45) is 0. The van der Waals surface area contributed by atoms with Gasteiger partial charge in [0.25, 0.3) is 0 Å². The van der Waals surface area contributed by atoms with E-state index in [4.69, 9.17) is 4.98 Å². The Morgan fingerprint density at radius 3 is 2.52 bits per heavy atom. The number of nitrogens with zero attached hydrogens (tertiary/aromatic N) is 3. The number of aromatic nitrogens is 2. The molecule has 1 aromatic heterocycles. The van der Waals surface area contributed by atoms with Crippen LogP contribution < -0.4 is 0 Å². The number of carbonyl (C=O) groups is 1. The van der Waals surface area contributed by atoms with E-state index in [1.54, 1.807) is 19.0 Å². The van der Waals surface area contributed by atoms with Crippen LogP contribution in [-0.4, -0.2) is 40.2 Å². The summed E-state index contributed by atoms with van der Waals surface area (Å²) < 4.78 is 2.11. The minimum Gasteiger partial charge on any atom is -0.348 e. The maximum absolute atomic E-state index is 11.9. The first-order chi connectivity index (χ1) is 11.1. The van der Waals surface area contributed by atoms with Gasteiger partial charge in [-0.05, 0) is 31.2 Å². The Hall–Kier alpha value is -2.27. The number of aryl methyl sites for hydroxylation is 1.